The minimum Gasteiger partial charge on any atom is -0.476 e. The summed E-state index contributed by atoms with van der Waals surface area (Å²) in [5, 5.41) is 17.1. The van der Waals surface area contributed by atoms with E-state index in [9.17, 15) is 9.90 Å². The highest BCUT2D eigenvalue weighted by atomic mass is 16.4. The second-order valence-electron chi connectivity index (χ2n) is 7.49. The molecule has 0 aliphatic carbocycles. The van der Waals surface area contributed by atoms with E-state index in [1.807, 2.05) is 78.9 Å². The number of rotatable bonds is 7. The Bertz CT molecular complexity index is 1340. The average Bonchev–Trinajstić information content (AvgIpc) is 3.45. The number of nitrogens with one attached hydrogen (secondary N) is 2. The monoisotopic (exact) mass is 423 g/mol. The van der Waals surface area contributed by atoms with Gasteiger partial charge in [0.25, 0.3) is 0 Å². The van der Waals surface area contributed by atoms with Crippen molar-refractivity contribution in [2.75, 3.05) is 0 Å². The summed E-state index contributed by atoms with van der Waals surface area (Å²) in [6.07, 6.45) is 1.76. The number of aromatic nitrogens is 4. The van der Waals surface area contributed by atoms with Crippen LogP contribution in [0.1, 0.15) is 21.6 Å². The lowest BCUT2D eigenvalue weighted by molar-refractivity contribution is 0.0688. The molecule has 0 saturated heterocycles. The number of aromatic amines is 1. The number of carboxylic acid groups (broad SMARTS) is 1. The van der Waals surface area contributed by atoms with Crippen LogP contribution in [0.3, 0.4) is 0 Å². The van der Waals surface area contributed by atoms with Gasteiger partial charge in [-0.05, 0) is 29.8 Å². The zero-order valence-electron chi connectivity index (χ0n) is 17.2. The van der Waals surface area contributed by atoms with Gasteiger partial charge in [0.15, 0.2) is 5.69 Å². The maximum absolute atomic E-state index is 11.6. The van der Waals surface area contributed by atoms with Gasteiger partial charge in [0.2, 0.25) is 0 Å². The summed E-state index contributed by atoms with van der Waals surface area (Å²) in [6.45, 7) is 1.01. The summed E-state index contributed by atoms with van der Waals surface area (Å²) >= 11 is 0. The maximum Gasteiger partial charge on any atom is 0.356 e. The molecule has 3 N–H and O–H groups in total. The van der Waals surface area contributed by atoms with Gasteiger partial charge in [0, 0.05) is 30.4 Å². The van der Waals surface area contributed by atoms with Gasteiger partial charge in [-0.25, -0.2) is 14.5 Å². The molecule has 0 radical (unpaired) electrons. The Kier molecular flexibility index (Phi) is 5.23. The van der Waals surface area contributed by atoms with Crippen LogP contribution >= 0.6 is 0 Å². The number of carbonyl (C=O) groups is 1. The Hall–Kier alpha value is -4.23. The van der Waals surface area contributed by atoms with Crippen LogP contribution in [-0.2, 0) is 13.1 Å². The molecule has 0 spiro atoms. The second kappa shape index (κ2) is 8.49. The molecule has 2 aromatic heterocycles. The average molecular weight is 423 g/mol. The maximum atomic E-state index is 11.6. The van der Waals surface area contributed by atoms with Crippen LogP contribution in [0.5, 0.6) is 0 Å². The van der Waals surface area contributed by atoms with E-state index in [-0.39, 0.29) is 5.69 Å². The van der Waals surface area contributed by atoms with Gasteiger partial charge in [-0.2, -0.15) is 5.10 Å². The van der Waals surface area contributed by atoms with Gasteiger partial charge in [-0.3, -0.25) is 0 Å². The number of hydrogen-bond donors (Lipinski definition) is 3. The van der Waals surface area contributed by atoms with Crippen molar-refractivity contribution in [1.82, 2.24) is 25.1 Å². The third-order valence-electron chi connectivity index (χ3n) is 5.27. The van der Waals surface area contributed by atoms with Gasteiger partial charge in [0.05, 0.1) is 16.7 Å². The van der Waals surface area contributed by atoms with E-state index in [1.54, 1.807) is 10.9 Å². The minimum absolute atomic E-state index is 0.0570. The van der Waals surface area contributed by atoms with Crippen LogP contribution in [0.4, 0.5) is 0 Å². The molecule has 0 aliphatic heterocycles. The number of hydrogen-bond acceptors (Lipinski definition) is 4. The van der Waals surface area contributed by atoms with Crippen LogP contribution in [0.25, 0.3) is 28.1 Å². The Balaban J connectivity index is 1.26. The van der Waals surface area contributed by atoms with Crippen LogP contribution in [0.2, 0.25) is 0 Å². The number of imidazole rings is 1. The molecule has 7 heteroatoms. The van der Waals surface area contributed by atoms with Gasteiger partial charge >= 0.3 is 5.97 Å². The normalized spacial score (nSPS) is 11.1. The van der Waals surface area contributed by atoms with E-state index in [2.05, 4.69) is 20.4 Å². The molecule has 5 aromatic rings. The molecule has 0 aliphatic rings. The van der Waals surface area contributed by atoms with Crippen LogP contribution < -0.4 is 5.32 Å². The number of H-pyrrole nitrogens is 1. The largest absolute Gasteiger partial charge is 0.476 e. The highest BCUT2D eigenvalue weighted by Gasteiger charge is 2.16. The van der Waals surface area contributed by atoms with Crippen LogP contribution in [0.15, 0.2) is 85.1 Å². The van der Waals surface area contributed by atoms with E-state index in [4.69, 9.17) is 0 Å². The molecule has 0 saturated carbocycles. The lowest BCUT2D eigenvalue weighted by atomic mass is 10.1. The van der Waals surface area contributed by atoms with E-state index >= 15 is 0 Å². The molecule has 0 unspecified atom stereocenters. The number of fused-ring (bicyclic) bond motifs is 1. The fourth-order valence-electron chi connectivity index (χ4n) is 3.64. The first-order valence-electron chi connectivity index (χ1n) is 10.3. The Morgan fingerprint density at radius 2 is 1.69 bits per heavy atom. The predicted molar refractivity (Wildman–Crippen MR) is 123 cm³/mol. The molecule has 2 heterocycles. The van der Waals surface area contributed by atoms with Crippen molar-refractivity contribution < 1.29 is 9.90 Å². The number of nitrogens with zero attached hydrogens (tertiary/aromatic N) is 3. The van der Waals surface area contributed by atoms with E-state index in [0.717, 1.165) is 33.7 Å². The Labute approximate surface area is 184 Å². The molecule has 0 atom stereocenters. The first-order valence-corrected chi connectivity index (χ1v) is 10.3. The molecule has 158 valence electrons. The fourth-order valence-corrected chi connectivity index (χ4v) is 3.64. The molecule has 7 nitrogen and oxygen atoms in total. The van der Waals surface area contributed by atoms with Crippen molar-refractivity contribution in [3.63, 3.8) is 0 Å². The first kappa shape index (κ1) is 19.7. The number of benzene rings is 3. The van der Waals surface area contributed by atoms with Crippen molar-refractivity contribution >= 4 is 17.0 Å². The summed E-state index contributed by atoms with van der Waals surface area (Å²) in [4.78, 5) is 19.6. The van der Waals surface area contributed by atoms with Crippen LogP contribution in [0, 0.1) is 0 Å². The smallest absolute Gasteiger partial charge is 0.356 e. The summed E-state index contributed by atoms with van der Waals surface area (Å²) in [5.41, 5.74) is 5.58. The Morgan fingerprint density at radius 1 is 0.938 bits per heavy atom. The van der Waals surface area contributed by atoms with Crippen LogP contribution in [-0.4, -0.2) is 30.8 Å². The Morgan fingerprint density at radius 3 is 2.44 bits per heavy atom. The zero-order valence-corrected chi connectivity index (χ0v) is 17.2. The first-order chi connectivity index (χ1) is 15.7. The standard InChI is InChI=1S/C25H21N5O2/c31-25(32)23-19(16-30(29-23)20-6-2-1-3-7-20)15-26-14-17-10-12-18(13-11-17)24-27-21-8-4-5-9-22(21)28-24/h1-13,16,26H,14-15H2,(H,27,28)(H,31,32). The minimum atomic E-state index is -1.04. The summed E-state index contributed by atoms with van der Waals surface area (Å²) in [6, 6.07) is 25.6. The molecular weight excluding hydrogens is 402 g/mol. The van der Waals surface area contributed by atoms with Gasteiger partial charge in [0.1, 0.15) is 5.82 Å². The fraction of sp³-hybridized carbons (Fsp3) is 0.0800. The van der Waals surface area contributed by atoms with E-state index < -0.39 is 5.97 Å². The summed E-state index contributed by atoms with van der Waals surface area (Å²) in [7, 11) is 0. The molecule has 0 bridgehead atoms. The molecule has 32 heavy (non-hydrogen) atoms. The second-order valence-corrected chi connectivity index (χ2v) is 7.49. The lowest BCUT2D eigenvalue weighted by Gasteiger charge is -2.05. The zero-order chi connectivity index (χ0) is 21.9. The van der Waals surface area contributed by atoms with Gasteiger partial charge in [-0.15, -0.1) is 0 Å². The lowest BCUT2D eigenvalue weighted by Crippen LogP contribution is -2.14. The van der Waals surface area contributed by atoms with Crippen molar-refractivity contribution in [2.45, 2.75) is 13.1 Å². The topological polar surface area (TPSA) is 95.8 Å². The molecule has 3 aromatic carbocycles. The molecule has 5 rings (SSSR count). The van der Waals surface area contributed by atoms with Crippen molar-refractivity contribution in [3.05, 3.63) is 102 Å². The molecule has 0 amide bonds. The van der Waals surface area contributed by atoms with E-state index in [0.29, 0.717) is 18.7 Å². The highest BCUT2D eigenvalue weighted by Crippen LogP contribution is 2.21. The third-order valence-corrected chi connectivity index (χ3v) is 5.27. The summed E-state index contributed by atoms with van der Waals surface area (Å²) in [5.74, 6) is -0.197. The molecule has 0 fully saturated rings. The number of carboxylic acids is 1. The van der Waals surface area contributed by atoms with Gasteiger partial charge < -0.3 is 15.4 Å². The highest BCUT2D eigenvalue weighted by molar-refractivity contribution is 5.87. The number of aromatic carboxylic acids is 1. The van der Waals surface area contributed by atoms with Crippen molar-refractivity contribution in [2.24, 2.45) is 0 Å². The van der Waals surface area contributed by atoms with Crippen molar-refractivity contribution in [3.8, 4) is 17.1 Å². The third kappa shape index (κ3) is 4.01. The van der Waals surface area contributed by atoms with Crippen molar-refractivity contribution in [1.29, 1.82) is 0 Å². The van der Waals surface area contributed by atoms with Gasteiger partial charge in [-0.1, -0.05) is 54.6 Å². The number of para-hydroxylation sites is 3. The predicted octanol–water partition coefficient (Wildman–Crippen LogP) is 4.40. The van der Waals surface area contributed by atoms with E-state index in [1.165, 1.54) is 0 Å². The quantitative estimate of drug-likeness (QED) is 0.361. The molecular formula is C25H21N5O2. The summed E-state index contributed by atoms with van der Waals surface area (Å²) < 4.78 is 1.60. The SMILES string of the molecule is O=C(O)c1nn(-c2ccccc2)cc1CNCc1ccc(-c2nc3ccccc3[nH]2)cc1.